The van der Waals surface area contributed by atoms with Crippen LogP contribution in [0.3, 0.4) is 0 Å². The highest BCUT2D eigenvalue weighted by molar-refractivity contribution is 6.30. The van der Waals surface area contributed by atoms with E-state index in [1.165, 1.54) is 0 Å². The van der Waals surface area contributed by atoms with Gasteiger partial charge in [0.25, 0.3) is 0 Å². The Bertz CT molecular complexity index is 1480. The van der Waals surface area contributed by atoms with Crippen LogP contribution in [-0.4, -0.2) is 4.98 Å². The van der Waals surface area contributed by atoms with Crippen LogP contribution in [0, 0.1) is 11.3 Å². The number of anilines is 2. The van der Waals surface area contributed by atoms with Crippen molar-refractivity contribution in [1.29, 1.82) is 5.26 Å². The van der Waals surface area contributed by atoms with E-state index in [9.17, 15) is 5.26 Å². The van der Waals surface area contributed by atoms with E-state index in [1.807, 2.05) is 73.7 Å². The van der Waals surface area contributed by atoms with Crippen molar-refractivity contribution in [2.75, 3.05) is 11.1 Å². The second-order valence-corrected chi connectivity index (χ2v) is 9.23. The number of halogens is 2. The van der Waals surface area contributed by atoms with E-state index in [4.69, 9.17) is 33.7 Å². The van der Waals surface area contributed by atoms with Crippen LogP contribution < -0.4 is 15.8 Å². The van der Waals surface area contributed by atoms with E-state index in [0.717, 1.165) is 16.7 Å². The van der Waals surface area contributed by atoms with Gasteiger partial charge in [0, 0.05) is 15.6 Å². The van der Waals surface area contributed by atoms with Crippen LogP contribution in [0.5, 0.6) is 11.6 Å². The molecular formula is C28H20Cl2N4O. The average Bonchev–Trinajstić information content (AvgIpc) is 2.85. The summed E-state index contributed by atoms with van der Waals surface area (Å²) in [6.07, 6.45) is 2.08. The Morgan fingerprint density at radius 1 is 0.943 bits per heavy atom. The number of nitrogens with zero attached hydrogens (tertiary/aromatic N) is 2. The molecule has 7 heteroatoms. The van der Waals surface area contributed by atoms with Crippen molar-refractivity contribution in [2.45, 2.75) is 12.5 Å². The first kappa shape index (κ1) is 22.8. The van der Waals surface area contributed by atoms with Gasteiger partial charge in [0.15, 0.2) is 0 Å². The molecule has 1 aliphatic heterocycles. The quantitative estimate of drug-likeness (QED) is 0.306. The average molecular weight is 499 g/mol. The zero-order valence-corrected chi connectivity index (χ0v) is 20.2. The summed E-state index contributed by atoms with van der Waals surface area (Å²) >= 11 is 12.3. The van der Waals surface area contributed by atoms with Crippen LogP contribution in [0.1, 0.15) is 29.2 Å². The molecule has 0 fully saturated rings. The number of hydrogen-bond acceptors (Lipinski definition) is 5. The number of fused-ring (bicyclic) bond motifs is 1. The van der Waals surface area contributed by atoms with Gasteiger partial charge in [0.1, 0.15) is 23.2 Å². The molecule has 5 rings (SSSR count). The molecule has 1 atom stereocenters. The van der Waals surface area contributed by atoms with Crippen molar-refractivity contribution < 1.29 is 4.74 Å². The van der Waals surface area contributed by atoms with Crippen LogP contribution in [-0.2, 0) is 5.54 Å². The molecule has 0 spiro atoms. The molecular weight excluding hydrogens is 479 g/mol. The molecule has 0 saturated carbocycles. The molecule has 1 aliphatic rings. The van der Waals surface area contributed by atoms with Gasteiger partial charge >= 0.3 is 0 Å². The molecule has 5 nitrogen and oxygen atoms in total. The number of para-hydroxylation sites is 1. The highest BCUT2D eigenvalue weighted by Gasteiger charge is 2.35. The maximum atomic E-state index is 10.2. The Balaban J connectivity index is 1.74. The molecule has 2 heterocycles. The van der Waals surface area contributed by atoms with Crippen molar-refractivity contribution in [3.63, 3.8) is 0 Å². The lowest BCUT2D eigenvalue weighted by Gasteiger charge is -2.37. The predicted octanol–water partition coefficient (Wildman–Crippen LogP) is 7.41. The summed E-state index contributed by atoms with van der Waals surface area (Å²) in [6, 6.07) is 26.5. The Hall–Kier alpha value is -3.98. The van der Waals surface area contributed by atoms with Crippen molar-refractivity contribution in [3.8, 4) is 17.7 Å². The summed E-state index contributed by atoms with van der Waals surface area (Å²) in [7, 11) is 0. The van der Waals surface area contributed by atoms with Gasteiger partial charge in [-0.3, -0.25) is 0 Å². The molecule has 172 valence electrons. The number of aromatic nitrogens is 1. The first-order valence-electron chi connectivity index (χ1n) is 10.9. The zero-order chi connectivity index (χ0) is 24.6. The maximum absolute atomic E-state index is 10.2. The first-order chi connectivity index (χ1) is 16.9. The van der Waals surface area contributed by atoms with Crippen LogP contribution in [0.15, 0.2) is 84.9 Å². The minimum Gasteiger partial charge on any atom is -0.438 e. The van der Waals surface area contributed by atoms with Crippen molar-refractivity contribution >= 4 is 40.3 Å². The number of rotatable bonds is 4. The van der Waals surface area contributed by atoms with Gasteiger partial charge in [-0.1, -0.05) is 65.7 Å². The van der Waals surface area contributed by atoms with Crippen molar-refractivity contribution in [3.05, 3.63) is 117 Å². The van der Waals surface area contributed by atoms with Crippen LogP contribution in [0.25, 0.3) is 5.57 Å². The smallest absolute Gasteiger partial charge is 0.241 e. The number of nitrogens with two attached hydrogens (primary N) is 1. The van der Waals surface area contributed by atoms with Crippen LogP contribution >= 0.6 is 23.2 Å². The van der Waals surface area contributed by atoms with E-state index in [-0.39, 0.29) is 17.3 Å². The summed E-state index contributed by atoms with van der Waals surface area (Å²) in [4.78, 5) is 4.49. The Morgan fingerprint density at radius 3 is 2.20 bits per heavy atom. The summed E-state index contributed by atoms with van der Waals surface area (Å²) in [5.41, 5.74) is 9.95. The number of nitrogens with one attached hydrogen (secondary N) is 1. The monoisotopic (exact) mass is 498 g/mol. The minimum atomic E-state index is -0.685. The molecule has 3 aromatic carbocycles. The van der Waals surface area contributed by atoms with Gasteiger partial charge in [-0.15, -0.1) is 0 Å². The van der Waals surface area contributed by atoms with Gasteiger partial charge in [-0.05, 0) is 66.1 Å². The van der Waals surface area contributed by atoms with E-state index in [0.29, 0.717) is 27.0 Å². The molecule has 0 bridgehead atoms. The second kappa shape index (κ2) is 8.99. The topological polar surface area (TPSA) is 84.0 Å². The number of ether oxygens (including phenoxy) is 1. The lowest BCUT2D eigenvalue weighted by atomic mass is 9.81. The largest absolute Gasteiger partial charge is 0.438 e. The Kier molecular flexibility index (Phi) is 5.86. The lowest BCUT2D eigenvalue weighted by molar-refractivity contribution is 0.462. The summed E-state index contributed by atoms with van der Waals surface area (Å²) < 4.78 is 5.99. The van der Waals surface area contributed by atoms with E-state index in [2.05, 4.69) is 22.4 Å². The fourth-order valence-electron chi connectivity index (χ4n) is 4.22. The van der Waals surface area contributed by atoms with Crippen molar-refractivity contribution in [2.24, 2.45) is 0 Å². The molecule has 3 N–H and O–H groups in total. The second-order valence-electron chi connectivity index (χ2n) is 8.35. The molecule has 35 heavy (non-hydrogen) atoms. The van der Waals surface area contributed by atoms with Crippen molar-refractivity contribution in [1.82, 2.24) is 4.98 Å². The molecule has 1 unspecified atom stereocenters. The molecule has 0 radical (unpaired) electrons. The summed E-state index contributed by atoms with van der Waals surface area (Å²) in [5, 5.41) is 15.0. The summed E-state index contributed by atoms with van der Waals surface area (Å²) in [6.45, 7) is 2.03. The maximum Gasteiger partial charge on any atom is 0.241 e. The zero-order valence-electron chi connectivity index (χ0n) is 18.7. The lowest BCUT2D eigenvalue weighted by Crippen LogP contribution is -2.34. The summed E-state index contributed by atoms with van der Waals surface area (Å²) in [5.74, 6) is 0.940. The predicted molar refractivity (Wildman–Crippen MR) is 141 cm³/mol. The van der Waals surface area contributed by atoms with Gasteiger partial charge in [0.2, 0.25) is 5.88 Å². The highest BCUT2D eigenvalue weighted by Crippen LogP contribution is 2.47. The molecule has 0 saturated heterocycles. The first-order valence-corrected chi connectivity index (χ1v) is 11.6. The minimum absolute atomic E-state index is 0.137. The molecule has 0 amide bonds. The fraction of sp³-hybridized carbons (Fsp3) is 0.0714. The van der Waals surface area contributed by atoms with E-state index >= 15 is 0 Å². The van der Waals surface area contributed by atoms with Gasteiger partial charge < -0.3 is 15.8 Å². The van der Waals surface area contributed by atoms with Gasteiger partial charge in [0.05, 0.1) is 11.2 Å². The normalized spacial score (nSPS) is 16.5. The molecule has 0 aliphatic carbocycles. The van der Waals surface area contributed by atoms with E-state index < -0.39 is 5.54 Å². The number of pyridine rings is 1. The van der Waals surface area contributed by atoms with Crippen LogP contribution in [0.4, 0.5) is 11.5 Å². The number of benzene rings is 3. The third kappa shape index (κ3) is 4.30. The number of nitriles is 1. The molecule has 4 aromatic rings. The van der Waals surface area contributed by atoms with Crippen LogP contribution in [0.2, 0.25) is 10.0 Å². The molecule has 1 aromatic heterocycles. The number of hydrogen-bond donors (Lipinski definition) is 2. The highest BCUT2D eigenvalue weighted by atomic mass is 35.5. The Labute approximate surface area is 213 Å². The standard InChI is InChI=1S/C28H20Cl2N4O/c1-28(18-9-13-20(30)14-10-18)15-22(17-7-11-19(29)12-8-17)24-25(34-28)23(16-31)27(33-26(24)32)35-21-5-3-2-4-6-21/h2-15,34H,1H3,(H2,32,33). The fourth-order valence-corrected chi connectivity index (χ4v) is 4.47. The third-order valence-electron chi connectivity index (χ3n) is 5.95. The van der Waals surface area contributed by atoms with Gasteiger partial charge in [-0.2, -0.15) is 10.2 Å². The van der Waals surface area contributed by atoms with E-state index in [1.54, 1.807) is 12.1 Å². The number of nitrogen functional groups attached to an aromatic ring is 1. The third-order valence-corrected chi connectivity index (χ3v) is 6.45. The Morgan fingerprint density at radius 2 is 1.57 bits per heavy atom. The van der Waals surface area contributed by atoms with Gasteiger partial charge in [-0.25, -0.2) is 0 Å². The SMILES string of the molecule is CC1(c2ccc(Cl)cc2)C=C(c2ccc(Cl)cc2)c2c(N)nc(Oc3ccccc3)c(C#N)c2N1.